The van der Waals surface area contributed by atoms with Gasteiger partial charge in [-0.3, -0.25) is 9.59 Å². The third-order valence-corrected chi connectivity index (χ3v) is 5.01. The number of hydrazone groups is 1. The number of carbonyl (C=O) groups excluding carboxylic acids is 3. The highest BCUT2D eigenvalue weighted by atomic mass is 16.6. The number of esters is 1. The van der Waals surface area contributed by atoms with Crippen molar-refractivity contribution < 1.29 is 23.9 Å². The molecule has 0 radical (unpaired) electrons. The predicted octanol–water partition coefficient (Wildman–Crippen LogP) is 5.06. The molecule has 0 atom stereocenters. The van der Waals surface area contributed by atoms with E-state index < -0.39 is 11.9 Å². The molecule has 190 valence electrons. The van der Waals surface area contributed by atoms with Crippen molar-refractivity contribution in [1.82, 2.24) is 5.43 Å². The Morgan fingerprint density at radius 1 is 0.919 bits per heavy atom. The molecule has 3 aromatic carbocycles. The lowest BCUT2D eigenvalue weighted by Gasteiger charge is -2.10. The molecule has 8 nitrogen and oxygen atoms in total. The van der Waals surface area contributed by atoms with Gasteiger partial charge >= 0.3 is 5.97 Å². The smallest absolute Gasteiger partial charge is 0.336 e. The fraction of sp³-hybridized carbons (Fsp3) is 0.172. The van der Waals surface area contributed by atoms with Gasteiger partial charge in [-0.1, -0.05) is 44.2 Å². The Labute approximate surface area is 216 Å². The molecule has 0 spiro atoms. The van der Waals surface area contributed by atoms with Crippen LogP contribution in [0.2, 0.25) is 0 Å². The SMILES string of the molecule is CCOc1cc(C=NNC(=O)c2ccc(NC(=O)C(C)C)cc2)ccc1OC(=O)C=Cc1ccccc1. The molecule has 37 heavy (non-hydrogen) atoms. The molecule has 0 aromatic heterocycles. The van der Waals surface area contributed by atoms with Crippen LogP contribution in [0.3, 0.4) is 0 Å². The van der Waals surface area contributed by atoms with E-state index in [4.69, 9.17) is 9.47 Å². The summed E-state index contributed by atoms with van der Waals surface area (Å²) in [6.45, 7) is 5.80. The normalized spacial score (nSPS) is 11.0. The summed E-state index contributed by atoms with van der Waals surface area (Å²) in [7, 11) is 0. The standard InChI is InChI=1S/C29H29N3O5/c1-4-36-26-18-22(10-16-25(26)37-27(33)17-11-21-8-6-5-7-9-21)19-30-32-29(35)23-12-14-24(15-13-23)31-28(34)20(2)3/h5-20H,4H2,1-3H3,(H,31,34)(H,32,35). The van der Waals surface area contributed by atoms with Crippen molar-refractivity contribution in [2.24, 2.45) is 11.0 Å². The van der Waals surface area contributed by atoms with Crippen molar-refractivity contribution in [3.05, 3.63) is 95.6 Å². The summed E-state index contributed by atoms with van der Waals surface area (Å²) in [5.74, 6) is -0.531. The summed E-state index contributed by atoms with van der Waals surface area (Å²) in [4.78, 5) is 36.4. The summed E-state index contributed by atoms with van der Waals surface area (Å²) >= 11 is 0. The lowest BCUT2D eigenvalue weighted by molar-refractivity contribution is -0.129. The minimum Gasteiger partial charge on any atom is -0.490 e. The van der Waals surface area contributed by atoms with Crippen molar-refractivity contribution in [2.75, 3.05) is 11.9 Å². The topological polar surface area (TPSA) is 106 Å². The van der Waals surface area contributed by atoms with Crippen LogP contribution in [0.25, 0.3) is 6.08 Å². The van der Waals surface area contributed by atoms with Crippen LogP contribution in [0.4, 0.5) is 5.69 Å². The van der Waals surface area contributed by atoms with Gasteiger partial charge in [0.25, 0.3) is 5.91 Å². The van der Waals surface area contributed by atoms with Gasteiger partial charge in [-0.25, -0.2) is 10.2 Å². The number of hydrogen-bond acceptors (Lipinski definition) is 6. The zero-order valence-corrected chi connectivity index (χ0v) is 20.9. The third-order valence-electron chi connectivity index (χ3n) is 5.01. The van der Waals surface area contributed by atoms with Gasteiger partial charge in [0.15, 0.2) is 11.5 Å². The maximum absolute atomic E-state index is 12.4. The van der Waals surface area contributed by atoms with Crippen LogP contribution >= 0.6 is 0 Å². The fourth-order valence-electron chi connectivity index (χ4n) is 3.05. The van der Waals surface area contributed by atoms with Crippen molar-refractivity contribution >= 4 is 35.8 Å². The van der Waals surface area contributed by atoms with Gasteiger partial charge in [0, 0.05) is 23.2 Å². The summed E-state index contributed by atoms with van der Waals surface area (Å²) in [6, 6.07) is 20.9. The summed E-state index contributed by atoms with van der Waals surface area (Å²) in [5, 5.41) is 6.77. The molecule has 0 fully saturated rings. The minimum atomic E-state index is -0.534. The lowest BCUT2D eigenvalue weighted by Crippen LogP contribution is -2.19. The molecule has 0 bridgehead atoms. The zero-order chi connectivity index (χ0) is 26.6. The van der Waals surface area contributed by atoms with Crippen LogP contribution in [0, 0.1) is 5.92 Å². The molecule has 0 aliphatic heterocycles. The van der Waals surface area contributed by atoms with E-state index in [1.807, 2.05) is 37.3 Å². The van der Waals surface area contributed by atoms with Crippen LogP contribution < -0.4 is 20.2 Å². The molecule has 0 aliphatic rings. The van der Waals surface area contributed by atoms with Crippen LogP contribution in [-0.4, -0.2) is 30.6 Å². The third kappa shape index (κ3) is 8.47. The van der Waals surface area contributed by atoms with E-state index in [0.29, 0.717) is 29.2 Å². The maximum atomic E-state index is 12.4. The Balaban J connectivity index is 1.60. The first-order valence-corrected chi connectivity index (χ1v) is 11.8. The van der Waals surface area contributed by atoms with Crippen LogP contribution in [0.1, 0.15) is 42.3 Å². The van der Waals surface area contributed by atoms with E-state index in [9.17, 15) is 14.4 Å². The Hall–Kier alpha value is -4.72. The van der Waals surface area contributed by atoms with Gasteiger partial charge in [0.2, 0.25) is 5.91 Å². The number of rotatable bonds is 10. The second-order valence-corrected chi connectivity index (χ2v) is 8.22. The van der Waals surface area contributed by atoms with E-state index in [0.717, 1.165) is 5.56 Å². The quantitative estimate of drug-likeness (QED) is 0.133. The van der Waals surface area contributed by atoms with E-state index in [-0.39, 0.29) is 17.6 Å². The molecule has 0 heterocycles. The van der Waals surface area contributed by atoms with Crippen molar-refractivity contribution in [3.63, 3.8) is 0 Å². The highest BCUT2D eigenvalue weighted by Gasteiger charge is 2.11. The molecular formula is C29H29N3O5. The zero-order valence-electron chi connectivity index (χ0n) is 20.9. The number of hydrogen-bond donors (Lipinski definition) is 2. The minimum absolute atomic E-state index is 0.0994. The molecule has 3 rings (SSSR count). The van der Waals surface area contributed by atoms with Crippen LogP contribution in [-0.2, 0) is 9.59 Å². The number of benzene rings is 3. The van der Waals surface area contributed by atoms with Gasteiger partial charge < -0.3 is 14.8 Å². The molecule has 0 aliphatic carbocycles. The van der Waals surface area contributed by atoms with Crippen molar-refractivity contribution in [1.29, 1.82) is 0 Å². The van der Waals surface area contributed by atoms with E-state index in [2.05, 4.69) is 15.8 Å². The molecule has 0 saturated heterocycles. The molecular weight excluding hydrogens is 470 g/mol. The molecule has 2 N–H and O–H groups in total. The summed E-state index contributed by atoms with van der Waals surface area (Å²) in [6.07, 6.45) is 4.47. The second-order valence-electron chi connectivity index (χ2n) is 8.22. The van der Waals surface area contributed by atoms with Gasteiger partial charge in [-0.05, 0) is 66.6 Å². The molecule has 3 aromatic rings. The monoisotopic (exact) mass is 499 g/mol. The maximum Gasteiger partial charge on any atom is 0.336 e. The largest absolute Gasteiger partial charge is 0.490 e. The first-order valence-electron chi connectivity index (χ1n) is 11.8. The molecule has 0 unspecified atom stereocenters. The first kappa shape index (κ1) is 26.9. The van der Waals surface area contributed by atoms with Gasteiger partial charge in [0.1, 0.15) is 0 Å². The fourth-order valence-corrected chi connectivity index (χ4v) is 3.05. The average Bonchev–Trinajstić information content (AvgIpc) is 2.90. The Morgan fingerprint density at radius 3 is 2.32 bits per heavy atom. The predicted molar refractivity (Wildman–Crippen MR) is 144 cm³/mol. The lowest BCUT2D eigenvalue weighted by atomic mass is 10.1. The number of ether oxygens (including phenoxy) is 2. The number of carbonyl (C=O) groups is 3. The molecule has 8 heteroatoms. The number of anilines is 1. The average molecular weight is 500 g/mol. The second kappa shape index (κ2) is 13.4. The van der Waals surface area contributed by atoms with Crippen molar-refractivity contribution in [3.8, 4) is 11.5 Å². The van der Waals surface area contributed by atoms with Crippen molar-refractivity contribution in [2.45, 2.75) is 20.8 Å². The van der Waals surface area contributed by atoms with E-state index >= 15 is 0 Å². The highest BCUT2D eigenvalue weighted by molar-refractivity contribution is 5.96. The number of amides is 2. The number of nitrogens with zero attached hydrogens (tertiary/aromatic N) is 1. The Bertz CT molecular complexity index is 1280. The van der Waals surface area contributed by atoms with Crippen LogP contribution in [0.5, 0.6) is 11.5 Å². The Morgan fingerprint density at radius 2 is 1.65 bits per heavy atom. The Kier molecular flexibility index (Phi) is 9.73. The molecule has 0 saturated carbocycles. The summed E-state index contributed by atoms with van der Waals surface area (Å²) in [5.41, 5.74) is 4.98. The van der Waals surface area contributed by atoms with E-state index in [1.165, 1.54) is 12.3 Å². The molecule has 2 amide bonds. The van der Waals surface area contributed by atoms with Gasteiger partial charge in [-0.2, -0.15) is 5.10 Å². The first-order chi connectivity index (χ1) is 17.9. The van der Waals surface area contributed by atoms with Crippen LogP contribution in [0.15, 0.2) is 84.0 Å². The van der Waals surface area contributed by atoms with E-state index in [1.54, 1.807) is 62.4 Å². The number of nitrogens with one attached hydrogen (secondary N) is 2. The van der Waals surface area contributed by atoms with Gasteiger partial charge in [0.05, 0.1) is 12.8 Å². The van der Waals surface area contributed by atoms with Gasteiger partial charge in [-0.15, -0.1) is 0 Å². The highest BCUT2D eigenvalue weighted by Crippen LogP contribution is 2.28. The summed E-state index contributed by atoms with van der Waals surface area (Å²) < 4.78 is 11.0.